The third-order valence-corrected chi connectivity index (χ3v) is 4.91. The highest BCUT2D eigenvalue weighted by atomic mass is 15.0. The van der Waals surface area contributed by atoms with E-state index in [0.29, 0.717) is 6.04 Å². The van der Waals surface area contributed by atoms with Gasteiger partial charge in [0.05, 0.1) is 5.69 Å². The van der Waals surface area contributed by atoms with Gasteiger partial charge in [0.25, 0.3) is 0 Å². The van der Waals surface area contributed by atoms with Crippen molar-refractivity contribution in [3.8, 4) is 0 Å². The van der Waals surface area contributed by atoms with Gasteiger partial charge in [-0.25, -0.2) is 4.98 Å². The molecule has 0 bridgehead atoms. The molecule has 0 saturated carbocycles. The van der Waals surface area contributed by atoms with Crippen molar-refractivity contribution in [3.63, 3.8) is 0 Å². The largest absolute Gasteiger partial charge is 0.314 e. The maximum Gasteiger partial charge on any atom is 0.140 e. The van der Waals surface area contributed by atoms with Crippen molar-refractivity contribution < 1.29 is 0 Å². The molecule has 3 heterocycles. The van der Waals surface area contributed by atoms with Gasteiger partial charge in [0.2, 0.25) is 0 Å². The lowest BCUT2D eigenvalue weighted by Gasteiger charge is -2.22. The molecule has 1 fully saturated rings. The van der Waals surface area contributed by atoms with E-state index in [1.807, 2.05) is 0 Å². The van der Waals surface area contributed by atoms with Crippen molar-refractivity contribution in [1.82, 2.24) is 14.7 Å². The molecule has 0 spiro atoms. The number of piperidine rings is 1. The van der Waals surface area contributed by atoms with Crippen molar-refractivity contribution in [2.45, 2.75) is 59.4 Å². The molecule has 1 aliphatic heterocycles. The number of aryl methyl sites for hydroxylation is 3. The second kappa shape index (κ2) is 5.21. The first-order valence-corrected chi connectivity index (χ1v) is 7.75. The molecular weight excluding hydrogens is 246 g/mol. The van der Waals surface area contributed by atoms with Gasteiger partial charge in [0.15, 0.2) is 0 Å². The molecule has 3 nitrogen and oxygen atoms in total. The molecule has 0 aliphatic carbocycles. The minimum absolute atomic E-state index is 0.606. The minimum Gasteiger partial charge on any atom is -0.314 e. The van der Waals surface area contributed by atoms with Crippen LogP contribution in [0.3, 0.4) is 0 Å². The summed E-state index contributed by atoms with van der Waals surface area (Å²) in [7, 11) is 0. The van der Waals surface area contributed by atoms with E-state index in [9.17, 15) is 0 Å². The summed E-state index contributed by atoms with van der Waals surface area (Å²) in [6.07, 6.45) is 7.24. The Labute approximate surface area is 121 Å². The van der Waals surface area contributed by atoms with E-state index < -0.39 is 0 Å². The molecule has 3 rings (SSSR count). The fourth-order valence-electron chi connectivity index (χ4n) is 3.26. The summed E-state index contributed by atoms with van der Waals surface area (Å²) in [4.78, 5) is 4.93. The quantitative estimate of drug-likeness (QED) is 0.908. The minimum atomic E-state index is 0.606. The average Bonchev–Trinajstić information content (AvgIpc) is 2.75. The molecule has 0 amide bonds. The van der Waals surface area contributed by atoms with Gasteiger partial charge in [0, 0.05) is 24.4 Å². The number of rotatable bonds is 2. The van der Waals surface area contributed by atoms with E-state index in [1.54, 1.807) is 0 Å². The molecule has 2 aromatic rings. The maximum absolute atomic E-state index is 4.93. The van der Waals surface area contributed by atoms with Crippen molar-refractivity contribution in [2.75, 3.05) is 6.54 Å². The fraction of sp³-hybridized carbons (Fsp3) is 0.588. The number of imidazole rings is 1. The Bertz CT molecular complexity index is 633. The highest BCUT2D eigenvalue weighted by molar-refractivity contribution is 5.55. The van der Waals surface area contributed by atoms with E-state index in [0.717, 1.165) is 18.6 Å². The van der Waals surface area contributed by atoms with Crippen LogP contribution >= 0.6 is 0 Å². The van der Waals surface area contributed by atoms with Crippen LogP contribution in [0.25, 0.3) is 5.65 Å². The van der Waals surface area contributed by atoms with Gasteiger partial charge in [-0.3, -0.25) is 0 Å². The monoisotopic (exact) mass is 271 g/mol. The van der Waals surface area contributed by atoms with Gasteiger partial charge in [-0.1, -0.05) is 6.42 Å². The maximum atomic E-state index is 4.93. The predicted molar refractivity (Wildman–Crippen MR) is 83.5 cm³/mol. The second-order valence-corrected chi connectivity index (χ2v) is 6.25. The zero-order valence-corrected chi connectivity index (χ0v) is 13.1. The van der Waals surface area contributed by atoms with Crippen molar-refractivity contribution in [1.29, 1.82) is 0 Å². The normalized spacial score (nSPS) is 19.7. The smallest absolute Gasteiger partial charge is 0.140 e. The number of pyridine rings is 1. The first-order valence-electron chi connectivity index (χ1n) is 7.75. The summed E-state index contributed by atoms with van der Waals surface area (Å²) in [6, 6.07) is 0.606. The Hall–Kier alpha value is -1.35. The lowest BCUT2D eigenvalue weighted by Crippen LogP contribution is -2.35. The molecule has 0 unspecified atom stereocenters. The standard InChI is InChI=1S/C17H25N3/c1-11-10-20-14(4)16(9-15-7-5-6-8-18-15)19-17(20)13(3)12(11)2/h10,15,18H,5-9H2,1-4H3/t15-/m0/s1. The number of hydrogen-bond acceptors (Lipinski definition) is 2. The van der Waals surface area contributed by atoms with Crippen LogP contribution in [0.15, 0.2) is 6.20 Å². The van der Waals surface area contributed by atoms with Crippen LogP contribution in [0.1, 0.15) is 47.3 Å². The molecule has 108 valence electrons. The van der Waals surface area contributed by atoms with Crippen LogP contribution in [0.4, 0.5) is 0 Å². The first kappa shape index (κ1) is 13.6. The van der Waals surface area contributed by atoms with Crippen LogP contribution < -0.4 is 5.32 Å². The molecule has 0 aromatic carbocycles. The van der Waals surface area contributed by atoms with Gasteiger partial charge >= 0.3 is 0 Å². The van der Waals surface area contributed by atoms with E-state index in [1.165, 1.54) is 47.3 Å². The van der Waals surface area contributed by atoms with Gasteiger partial charge < -0.3 is 9.72 Å². The van der Waals surface area contributed by atoms with Crippen molar-refractivity contribution in [3.05, 3.63) is 34.3 Å². The van der Waals surface area contributed by atoms with Crippen LogP contribution in [0.2, 0.25) is 0 Å². The van der Waals surface area contributed by atoms with Crippen molar-refractivity contribution in [2.24, 2.45) is 0 Å². The third kappa shape index (κ3) is 2.24. The molecule has 1 atom stereocenters. The molecule has 0 radical (unpaired) electrons. The third-order valence-electron chi connectivity index (χ3n) is 4.91. The van der Waals surface area contributed by atoms with Gasteiger partial charge in [0.1, 0.15) is 5.65 Å². The van der Waals surface area contributed by atoms with Crippen LogP contribution in [-0.2, 0) is 6.42 Å². The number of hydrogen-bond donors (Lipinski definition) is 1. The lowest BCUT2D eigenvalue weighted by atomic mass is 10.00. The Morgan fingerprint density at radius 2 is 2.00 bits per heavy atom. The Morgan fingerprint density at radius 1 is 1.20 bits per heavy atom. The number of nitrogens with one attached hydrogen (secondary N) is 1. The lowest BCUT2D eigenvalue weighted by molar-refractivity contribution is 0.397. The van der Waals surface area contributed by atoms with E-state index in [2.05, 4.69) is 43.6 Å². The summed E-state index contributed by atoms with van der Waals surface area (Å²) >= 11 is 0. The molecule has 1 N–H and O–H groups in total. The summed E-state index contributed by atoms with van der Waals surface area (Å²) in [5, 5.41) is 3.63. The number of fused-ring (bicyclic) bond motifs is 1. The van der Waals surface area contributed by atoms with Gasteiger partial charge in [-0.2, -0.15) is 0 Å². The molecule has 1 saturated heterocycles. The molecule has 1 aliphatic rings. The predicted octanol–water partition coefficient (Wildman–Crippen LogP) is 3.25. The molecule has 2 aromatic heterocycles. The Kier molecular flexibility index (Phi) is 3.55. The van der Waals surface area contributed by atoms with Crippen LogP contribution in [0.5, 0.6) is 0 Å². The van der Waals surface area contributed by atoms with E-state index >= 15 is 0 Å². The van der Waals surface area contributed by atoms with Crippen LogP contribution in [-0.4, -0.2) is 22.0 Å². The molecular formula is C17H25N3. The van der Waals surface area contributed by atoms with Crippen LogP contribution in [0, 0.1) is 27.7 Å². The molecule has 20 heavy (non-hydrogen) atoms. The fourth-order valence-corrected chi connectivity index (χ4v) is 3.26. The summed E-state index contributed by atoms with van der Waals surface area (Å²) in [6.45, 7) is 9.92. The topological polar surface area (TPSA) is 29.3 Å². The summed E-state index contributed by atoms with van der Waals surface area (Å²) < 4.78 is 2.27. The summed E-state index contributed by atoms with van der Waals surface area (Å²) in [5.41, 5.74) is 7.73. The van der Waals surface area contributed by atoms with E-state index in [4.69, 9.17) is 4.98 Å². The Morgan fingerprint density at radius 3 is 2.70 bits per heavy atom. The Balaban J connectivity index is 1.99. The van der Waals surface area contributed by atoms with E-state index in [-0.39, 0.29) is 0 Å². The highest BCUT2D eigenvalue weighted by Gasteiger charge is 2.18. The SMILES string of the molecule is Cc1cn2c(C)c(C[C@@H]3CCCCN3)nc2c(C)c1C. The summed E-state index contributed by atoms with van der Waals surface area (Å²) in [5.74, 6) is 0. The second-order valence-electron chi connectivity index (χ2n) is 6.25. The number of aromatic nitrogens is 2. The zero-order valence-electron chi connectivity index (χ0n) is 13.1. The van der Waals surface area contributed by atoms with Gasteiger partial charge in [-0.05, 0) is 63.8 Å². The first-order chi connectivity index (χ1) is 9.58. The average molecular weight is 271 g/mol. The highest BCUT2D eigenvalue weighted by Crippen LogP contribution is 2.22. The molecule has 3 heteroatoms. The van der Waals surface area contributed by atoms with Gasteiger partial charge in [-0.15, -0.1) is 0 Å². The zero-order chi connectivity index (χ0) is 14.3. The number of nitrogens with zero attached hydrogens (tertiary/aromatic N) is 2. The van der Waals surface area contributed by atoms with Crippen molar-refractivity contribution >= 4 is 5.65 Å².